The van der Waals surface area contributed by atoms with Crippen LogP contribution in [-0.4, -0.2) is 19.8 Å². The molecule has 0 atom stereocenters. The zero-order valence-corrected chi connectivity index (χ0v) is 11.7. The molecule has 2 N–H and O–H groups in total. The summed E-state index contributed by atoms with van der Waals surface area (Å²) < 4.78 is 11.5. The highest BCUT2D eigenvalue weighted by molar-refractivity contribution is 5.53. The van der Waals surface area contributed by atoms with Crippen LogP contribution in [0.2, 0.25) is 0 Å². The van der Waals surface area contributed by atoms with Crippen LogP contribution < -0.4 is 15.2 Å². The summed E-state index contributed by atoms with van der Waals surface area (Å²) in [5.41, 5.74) is 8.89. The van der Waals surface area contributed by atoms with E-state index in [9.17, 15) is 0 Å². The molecule has 3 rings (SSSR count). The van der Waals surface area contributed by atoms with Crippen LogP contribution >= 0.6 is 0 Å². The first-order chi connectivity index (χ1) is 9.27. The molecule has 3 heteroatoms. The SMILES string of the molecule is Cc1c(C2(CN)CCCCC2)ccc2c1OCCO2. The lowest BCUT2D eigenvalue weighted by Crippen LogP contribution is -2.38. The maximum atomic E-state index is 6.14. The minimum Gasteiger partial charge on any atom is -0.486 e. The van der Waals surface area contributed by atoms with Crippen molar-refractivity contribution in [3.05, 3.63) is 23.3 Å². The highest BCUT2D eigenvalue weighted by Crippen LogP contribution is 2.45. The lowest BCUT2D eigenvalue weighted by Gasteiger charge is -2.38. The molecular weight excluding hydrogens is 238 g/mol. The Morgan fingerprint density at radius 2 is 1.84 bits per heavy atom. The molecule has 0 radical (unpaired) electrons. The van der Waals surface area contributed by atoms with E-state index in [1.807, 2.05) is 0 Å². The van der Waals surface area contributed by atoms with Crippen LogP contribution in [0.3, 0.4) is 0 Å². The van der Waals surface area contributed by atoms with Gasteiger partial charge in [-0.1, -0.05) is 25.3 Å². The largest absolute Gasteiger partial charge is 0.486 e. The molecule has 0 amide bonds. The van der Waals surface area contributed by atoms with Gasteiger partial charge in [-0.3, -0.25) is 0 Å². The van der Waals surface area contributed by atoms with Gasteiger partial charge in [-0.05, 0) is 37.0 Å². The highest BCUT2D eigenvalue weighted by Gasteiger charge is 2.35. The van der Waals surface area contributed by atoms with Crippen molar-refractivity contribution in [2.75, 3.05) is 19.8 Å². The fraction of sp³-hybridized carbons (Fsp3) is 0.625. The van der Waals surface area contributed by atoms with Crippen LogP contribution in [0.1, 0.15) is 43.2 Å². The van der Waals surface area contributed by atoms with Gasteiger partial charge in [0.25, 0.3) is 0 Å². The molecule has 1 heterocycles. The van der Waals surface area contributed by atoms with E-state index in [0.29, 0.717) is 13.2 Å². The predicted molar refractivity (Wildman–Crippen MR) is 76.0 cm³/mol. The van der Waals surface area contributed by atoms with Gasteiger partial charge < -0.3 is 15.2 Å². The number of hydrogen-bond donors (Lipinski definition) is 1. The maximum Gasteiger partial charge on any atom is 0.164 e. The number of fused-ring (bicyclic) bond motifs is 1. The Hall–Kier alpha value is -1.22. The van der Waals surface area contributed by atoms with Gasteiger partial charge in [0.2, 0.25) is 0 Å². The molecule has 2 aliphatic rings. The summed E-state index contributed by atoms with van der Waals surface area (Å²) in [6.45, 7) is 4.17. The zero-order chi connectivity index (χ0) is 13.3. The molecule has 1 saturated carbocycles. The van der Waals surface area contributed by atoms with Crippen LogP contribution in [0, 0.1) is 6.92 Å². The molecule has 0 spiro atoms. The van der Waals surface area contributed by atoms with Gasteiger partial charge in [-0.2, -0.15) is 0 Å². The summed E-state index contributed by atoms with van der Waals surface area (Å²) in [6.07, 6.45) is 6.30. The number of rotatable bonds is 2. The average Bonchev–Trinajstić information content (AvgIpc) is 2.48. The number of ether oxygens (including phenoxy) is 2. The molecule has 104 valence electrons. The van der Waals surface area contributed by atoms with E-state index in [1.165, 1.54) is 43.2 Å². The highest BCUT2D eigenvalue weighted by atomic mass is 16.6. The van der Waals surface area contributed by atoms with Crippen molar-refractivity contribution in [2.45, 2.75) is 44.4 Å². The summed E-state index contributed by atoms with van der Waals surface area (Å²) in [5.74, 6) is 1.82. The first-order valence-corrected chi connectivity index (χ1v) is 7.37. The fourth-order valence-corrected chi connectivity index (χ4v) is 3.64. The molecule has 0 saturated heterocycles. The van der Waals surface area contributed by atoms with Crippen LogP contribution in [0.5, 0.6) is 11.5 Å². The normalized spacial score (nSPS) is 21.2. The van der Waals surface area contributed by atoms with Crippen molar-refractivity contribution in [1.82, 2.24) is 0 Å². The summed E-state index contributed by atoms with van der Waals surface area (Å²) in [7, 11) is 0. The van der Waals surface area contributed by atoms with Crippen molar-refractivity contribution in [2.24, 2.45) is 5.73 Å². The topological polar surface area (TPSA) is 44.5 Å². The van der Waals surface area contributed by atoms with Gasteiger partial charge in [0.1, 0.15) is 13.2 Å². The van der Waals surface area contributed by atoms with Crippen LogP contribution in [0.15, 0.2) is 12.1 Å². The predicted octanol–water partition coefficient (Wildman–Crippen LogP) is 2.93. The Morgan fingerprint density at radius 3 is 2.58 bits per heavy atom. The van der Waals surface area contributed by atoms with Crippen molar-refractivity contribution in [3.8, 4) is 11.5 Å². The van der Waals surface area contributed by atoms with E-state index in [0.717, 1.165) is 18.0 Å². The molecule has 19 heavy (non-hydrogen) atoms. The van der Waals surface area contributed by atoms with E-state index in [-0.39, 0.29) is 5.41 Å². The smallest absolute Gasteiger partial charge is 0.164 e. The summed E-state index contributed by atoms with van der Waals surface area (Å²) in [5, 5.41) is 0. The van der Waals surface area contributed by atoms with Gasteiger partial charge in [0.05, 0.1) is 0 Å². The third-order valence-corrected chi connectivity index (χ3v) is 4.73. The Balaban J connectivity index is 2.04. The Morgan fingerprint density at radius 1 is 1.11 bits per heavy atom. The van der Waals surface area contributed by atoms with Crippen LogP contribution in [0.25, 0.3) is 0 Å². The minimum atomic E-state index is 0.151. The lowest BCUT2D eigenvalue weighted by molar-refractivity contribution is 0.169. The summed E-state index contributed by atoms with van der Waals surface area (Å²) in [4.78, 5) is 0. The lowest BCUT2D eigenvalue weighted by atomic mass is 9.68. The van der Waals surface area contributed by atoms with Crippen molar-refractivity contribution in [3.63, 3.8) is 0 Å². The Bertz CT molecular complexity index is 464. The van der Waals surface area contributed by atoms with E-state index < -0.39 is 0 Å². The second-order valence-electron chi connectivity index (χ2n) is 5.81. The molecule has 3 nitrogen and oxygen atoms in total. The molecule has 1 aliphatic carbocycles. The van der Waals surface area contributed by atoms with Gasteiger partial charge in [0, 0.05) is 12.0 Å². The Kier molecular flexibility index (Phi) is 3.40. The monoisotopic (exact) mass is 261 g/mol. The molecule has 0 aromatic heterocycles. The molecule has 0 unspecified atom stereocenters. The maximum absolute atomic E-state index is 6.14. The number of hydrogen-bond acceptors (Lipinski definition) is 3. The van der Waals surface area contributed by atoms with E-state index >= 15 is 0 Å². The van der Waals surface area contributed by atoms with Gasteiger partial charge in [0.15, 0.2) is 11.5 Å². The average molecular weight is 261 g/mol. The minimum absolute atomic E-state index is 0.151. The number of benzene rings is 1. The molecule has 1 fully saturated rings. The second kappa shape index (κ2) is 5.04. The van der Waals surface area contributed by atoms with Gasteiger partial charge >= 0.3 is 0 Å². The first-order valence-electron chi connectivity index (χ1n) is 7.37. The Labute approximate surface area is 115 Å². The first kappa shape index (κ1) is 12.8. The third kappa shape index (κ3) is 2.10. The second-order valence-corrected chi connectivity index (χ2v) is 5.81. The van der Waals surface area contributed by atoms with Crippen molar-refractivity contribution in [1.29, 1.82) is 0 Å². The zero-order valence-electron chi connectivity index (χ0n) is 11.7. The van der Waals surface area contributed by atoms with Crippen LogP contribution in [-0.2, 0) is 5.41 Å². The van der Waals surface area contributed by atoms with E-state index in [1.54, 1.807) is 0 Å². The standard InChI is InChI=1S/C16H23NO2/c1-12-13(16(11-17)7-3-2-4-8-16)5-6-14-15(12)19-10-9-18-14/h5-6H,2-4,7-11,17H2,1H3. The summed E-state index contributed by atoms with van der Waals surface area (Å²) >= 11 is 0. The fourth-order valence-electron chi connectivity index (χ4n) is 3.64. The van der Waals surface area contributed by atoms with Crippen molar-refractivity contribution < 1.29 is 9.47 Å². The van der Waals surface area contributed by atoms with Gasteiger partial charge in [-0.25, -0.2) is 0 Å². The molecule has 0 bridgehead atoms. The van der Waals surface area contributed by atoms with Gasteiger partial charge in [-0.15, -0.1) is 0 Å². The molecule has 1 aromatic carbocycles. The number of nitrogens with two attached hydrogens (primary N) is 1. The van der Waals surface area contributed by atoms with E-state index in [2.05, 4.69) is 19.1 Å². The molecular formula is C16H23NO2. The quantitative estimate of drug-likeness (QED) is 0.890. The molecule has 1 aromatic rings. The van der Waals surface area contributed by atoms with E-state index in [4.69, 9.17) is 15.2 Å². The van der Waals surface area contributed by atoms with Crippen molar-refractivity contribution >= 4 is 0 Å². The summed E-state index contributed by atoms with van der Waals surface area (Å²) in [6, 6.07) is 4.27. The molecule has 1 aliphatic heterocycles. The third-order valence-electron chi connectivity index (χ3n) is 4.73. The van der Waals surface area contributed by atoms with Crippen LogP contribution in [0.4, 0.5) is 0 Å².